The minimum Gasteiger partial charge on any atom is -0.376 e. The van der Waals surface area contributed by atoms with E-state index >= 15 is 0 Å². The minimum atomic E-state index is -0.00887. The van der Waals surface area contributed by atoms with Gasteiger partial charge in [-0.25, -0.2) is 0 Å². The summed E-state index contributed by atoms with van der Waals surface area (Å²) in [6.45, 7) is 6.03. The summed E-state index contributed by atoms with van der Waals surface area (Å²) in [4.78, 5) is 12.8. The summed E-state index contributed by atoms with van der Waals surface area (Å²) in [5.41, 5.74) is 2.85. The number of hydrogen-bond donors (Lipinski definition) is 2. The summed E-state index contributed by atoms with van der Waals surface area (Å²) >= 11 is 7.97. The van der Waals surface area contributed by atoms with Gasteiger partial charge < -0.3 is 10.6 Å². The van der Waals surface area contributed by atoms with Crippen molar-refractivity contribution in [3.63, 3.8) is 0 Å². The number of halogens is 1. The normalized spacial score (nSPS) is 12.0. The SMILES string of the molecule is CCC(=O)Nc1ccc(Cl)c(NC(C)c2sccc2C)c1. The third-order valence-electron chi connectivity index (χ3n) is 3.24. The van der Waals surface area contributed by atoms with Crippen LogP contribution in [0.1, 0.15) is 36.8 Å². The summed E-state index contributed by atoms with van der Waals surface area (Å²) in [5.74, 6) is -0.00887. The van der Waals surface area contributed by atoms with E-state index < -0.39 is 0 Å². The first-order valence-electron chi connectivity index (χ1n) is 6.91. The van der Waals surface area contributed by atoms with Gasteiger partial charge in [0.1, 0.15) is 0 Å². The van der Waals surface area contributed by atoms with Crippen LogP contribution < -0.4 is 10.6 Å². The Bertz CT molecular complexity index is 639. The molecular formula is C16H19ClN2OS. The number of aryl methyl sites for hydroxylation is 1. The highest BCUT2D eigenvalue weighted by molar-refractivity contribution is 7.10. The monoisotopic (exact) mass is 322 g/mol. The number of anilines is 2. The number of thiophene rings is 1. The molecule has 1 atom stereocenters. The first kappa shape index (κ1) is 15.9. The van der Waals surface area contributed by atoms with E-state index in [1.807, 2.05) is 19.1 Å². The van der Waals surface area contributed by atoms with Gasteiger partial charge in [-0.2, -0.15) is 0 Å². The predicted octanol–water partition coefficient (Wildman–Crippen LogP) is 5.23. The summed E-state index contributed by atoms with van der Waals surface area (Å²) in [6.07, 6.45) is 0.455. The van der Waals surface area contributed by atoms with Crippen LogP contribution in [-0.2, 0) is 4.79 Å². The fraction of sp³-hybridized carbons (Fsp3) is 0.312. The summed E-state index contributed by atoms with van der Waals surface area (Å²) in [7, 11) is 0. The first-order valence-corrected chi connectivity index (χ1v) is 8.17. The van der Waals surface area contributed by atoms with Crippen LogP contribution in [0.4, 0.5) is 11.4 Å². The Labute approximate surface area is 134 Å². The van der Waals surface area contributed by atoms with Crippen molar-refractivity contribution in [3.05, 3.63) is 45.1 Å². The van der Waals surface area contributed by atoms with E-state index in [-0.39, 0.29) is 11.9 Å². The van der Waals surface area contributed by atoms with Crippen molar-refractivity contribution >= 4 is 40.2 Å². The van der Waals surface area contributed by atoms with Gasteiger partial charge in [-0.15, -0.1) is 11.3 Å². The highest BCUT2D eigenvalue weighted by Gasteiger charge is 2.12. The minimum absolute atomic E-state index is 0.00887. The second-order valence-electron chi connectivity index (χ2n) is 4.93. The van der Waals surface area contributed by atoms with Gasteiger partial charge in [-0.05, 0) is 49.1 Å². The first-order chi connectivity index (χ1) is 10.0. The predicted molar refractivity (Wildman–Crippen MR) is 91.5 cm³/mol. The molecule has 0 bridgehead atoms. The van der Waals surface area contributed by atoms with E-state index in [9.17, 15) is 4.79 Å². The van der Waals surface area contributed by atoms with Crippen LogP contribution in [0.25, 0.3) is 0 Å². The Morgan fingerprint density at radius 1 is 1.38 bits per heavy atom. The Morgan fingerprint density at radius 2 is 2.14 bits per heavy atom. The molecule has 2 N–H and O–H groups in total. The van der Waals surface area contributed by atoms with Crippen LogP contribution in [0, 0.1) is 6.92 Å². The van der Waals surface area contributed by atoms with Gasteiger partial charge in [-0.1, -0.05) is 18.5 Å². The van der Waals surface area contributed by atoms with Gasteiger partial charge in [0.25, 0.3) is 0 Å². The Kier molecular flexibility index (Phi) is 5.26. The number of amides is 1. The third-order valence-corrected chi connectivity index (χ3v) is 4.77. The average Bonchev–Trinajstić information content (AvgIpc) is 2.88. The topological polar surface area (TPSA) is 41.1 Å². The van der Waals surface area contributed by atoms with Crippen molar-refractivity contribution in [2.75, 3.05) is 10.6 Å². The molecule has 5 heteroatoms. The zero-order chi connectivity index (χ0) is 15.4. The number of hydrogen-bond acceptors (Lipinski definition) is 3. The molecule has 21 heavy (non-hydrogen) atoms. The van der Waals surface area contributed by atoms with Crippen LogP contribution in [-0.4, -0.2) is 5.91 Å². The Morgan fingerprint density at radius 3 is 2.76 bits per heavy atom. The lowest BCUT2D eigenvalue weighted by Gasteiger charge is -2.17. The smallest absolute Gasteiger partial charge is 0.224 e. The molecule has 1 aromatic heterocycles. The maximum atomic E-state index is 11.5. The number of carbonyl (C=O) groups excluding carboxylic acids is 1. The molecule has 112 valence electrons. The molecule has 1 amide bonds. The van der Waals surface area contributed by atoms with E-state index in [1.165, 1.54) is 10.4 Å². The van der Waals surface area contributed by atoms with Crippen molar-refractivity contribution in [3.8, 4) is 0 Å². The fourth-order valence-corrected chi connectivity index (χ4v) is 3.20. The van der Waals surface area contributed by atoms with Crippen molar-refractivity contribution < 1.29 is 4.79 Å². The largest absolute Gasteiger partial charge is 0.376 e. The van der Waals surface area contributed by atoms with E-state index in [0.29, 0.717) is 11.4 Å². The van der Waals surface area contributed by atoms with Gasteiger partial charge >= 0.3 is 0 Å². The third kappa shape index (κ3) is 3.99. The van der Waals surface area contributed by atoms with E-state index in [0.717, 1.165) is 11.4 Å². The molecule has 0 aliphatic heterocycles. The van der Waals surface area contributed by atoms with E-state index in [4.69, 9.17) is 11.6 Å². The van der Waals surface area contributed by atoms with Gasteiger partial charge in [0.2, 0.25) is 5.91 Å². The molecule has 3 nitrogen and oxygen atoms in total. The maximum absolute atomic E-state index is 11.5. The van der Waals surface area contributed by atoms with E-state index in [2.05, 4.69) is 35.9 Å². The molecule has 1 aromatic carbocycles. The Hall–Kier alpha value is -1.52. The second-order valence-corrected chi connectivity index (χ2v) is 6.29. The van der Waals surface area contributed by atoms with Crippen molar-refractivity contribution in [1.82, 2.24) is 0 Å². The lowest BCUT2D eigenvalue weighted by Crippen LogP contribution is -2.11. The van der Waals surface area contributed by atoms with Crippen LogP contribution >= 0.6 is 22.9 Å². The zero-order valence-electron chi connectivity index (χ0n) is 12.4. The molecule has 0 radical (unpaired) electrons. The van der Waals surface area contributed by atoms with Crippen LogP contribution in [0.5, 0.6) is 0 Å². The molecule has 1 unspecified atom stereocenters. The summed E-state index contributed by atoms with van der Waals surface area (Å²) < 4.78 is 0. The lowest BCUT2D eigenvalue weighted by atomic mass is 10.1. The molecule has 2 aromatic rings. The maximum Gasteiger partial charge on any atom is 0.224 e. The molecular weight excluding hydrogens is 304 g/mol. The second kappa shape index (κ2) is 6.96. The molecule has 2 rings (SSSR count). The fourth-order valence-electron chi connectivity index (χ4n) is 2.09. The quantitative estimate of drug-likeness (QED) is 0.791. The van der Waals surface area contributed by atoms with Crippen LogP contribution in [0.3, 0.4) is 0 Å². The van der Waals surface area contributed by atoms with Crippen molar-refractivity contribution in [2.45, 2.75) is 33.2 Å². The average molecular weight is 323 g/mol. The number of carbonyl (C=O) groups is 1. The molecule has 0 spiro atoms. The lowest BCUT2D eigenvalue weighted by molar-refractivity contribution is -0.115. The molecule has 0 saturated heterocycles. The number of benzene rings is 1. The molecule has 1 heterocycles. The number of nitrogens with one attached hydrogen (secondary N) is 2. The zero-order valence-corrected chi connectivity index (χ0v) is 13.9. The van der Waals surface area contributed by atoms with Crippen molar-refractivity contribution in [1.29, 1.82) is 0 Å². The molecule has 0 saturated carbocycles. The highest BCUT2D eigenvalue weighted by Crippen LogP contribution is 2.31. The molecule has 0 aliphatic carbocycles. The number of rotatable bonds is 5. The van der Waals surface area contributed by atoms with Crippen LogP contribution in [0.2, 0.25) is 5.02 Å². The van der Waals surface area contributed by atoms with Crippen LogP contribution in [0.15, 0.2) is 29.6 Å². The molecule has 0 fully saturated rings. The van der Waals surface area contributed by atoms with Crippen molar-refractivity contribution in [2.24, 2.45) is 0 Å². The summed E-state index contributed by atoms with van der Waals surface area (Å²) in [6, 6.07) is 7.75. The standard InChI is InChI=1S/C16H19ClN2OS/c1-4-15(20)19-12-5-6-13(17)14(9-12)18-11(3)16-10(2)7-8-21-16/h5-9,11,18H,4H2,1-3H3,(H,19,20). The Balaban J connectivity index is 2.17. The summed E-state index contributed by atoms with van der Waals surface area (Å²) in [5, 5.41) is 8.99. The highest BCUT2D eigenvalue weighted by atomic mass is 35.5. The van der Waals surface area contributed by atoms with Gasteiger partial charge in [-0.3, -0.25) is 4.79 Å². The van der Waals surface area contributed by atoms with E-state index in [1.54, 1.807) is 17.4 Å². The van der Waals surface area contributed by atoms with Gasteiger partial charge in [0.15, 0.2) is 0 Å². The van der Waals surface area contributed by atoms with Gasteiger partial charge in [0.05, 0.1) is 16.8 Å². The molecule has 0 aliphatic rings. The van der Waals surface area contributed by atoms with Gasteiger partial charge in [0, 0.05) is 17.0 Å².